The molecule has 3 N–H and O–H groups in total. The Morgan fingerprint density at radius 2 is 2.00 bits per heavy atom. The number of benzene rings is 1. The lowest BCUT2D eigenvalue weighted by atomic mass is 9.96. The Hall–Kier alpha value is -1.46. The highest BCUT2D eigenvalue weighted by molar-refractivity contribution is 6.39. The van der Waals surface area contributed by atoms with Crippen LogP contribution in [0.1, 0.15) is 32.6 Å². The van der Waals surface area contributed by atoms with Crippen molar-refractivity contribution in [1.29, 1.82) is 0 Å². The van der Waals surface area contributed by atoms with Gasteiger partial charge in [0.1, 0.15) is 0 Å². The Balaban J connectivity index is 2.01. The quantitative estimate of drug-likeness (QED) is 0.809. The van der Waals surface area contributed by atoms with Crippen molar-refractivity contribution in [3.63, 3.8) is 0 Å². The molecule has 1 heterocycles. The number of hydrogen-bond acceptors (Lipinski definition) is 3. The van der Waals surface area contributed by atoms with Crippen LogP contribution in [0.4, 0.5) is 11.4 Å². The number of nitrogens with two attached hydrogens (primary N) is 1. The number of piperidine rings is 1. The summed E-state index contributed by atoms with van der Waals surface area (Å²) in [5, 5.41) is 3.41. The van der Waals surface area contributed by atoms with Crippen molar-refractivity contribution in [2.75, 3.05) is 24.1 Å². The monoisotopic (exact) mass is 357 g/mol. The molecule has 0 bridgehead atoms. The molecule has 23 heavy (non-hydrogen) atoms. The number of hydrogen-bond donors (Lipinski definition) is 2. The molecule has 1 fully saturated rings. The molecule has 1 saturated heterocycles. The first-order chi connectivity index (χ1) is 10.9. The zero-order valence-electron chi connectivity index (χ0n) is 13.1. The Morgan fingerprint density at radius 1 is 1.35 bits per heavy atom. The van der Waals surface area contributed by atoms with Crippen LogP contribution in [0, 0.1) is 5.92 Å². The molecule has 1 atom stereocenters. The third-order valence-corrected chi connectivity index (χ3v) is 4.58. The van der Waals surface area contributed by atoms with E-state index in [0.29, 0.717) is 34.4 Å². The van der Waals surface area contributed by atoms with Crippen LogP contribution >= 0.6 is 23.2 Å². The number of anilines is 2. The number of nitrogens with zero attached hydrogens (tertiary/aromatic N) is 1. The summed E-state index contributed by atoms with van der Waals surface area (Å²) in [7, 11) is 0. The highest BCUT2D eigenvalue weighted by atomic mass is 35.5. The highest BCUT2D eigenvalue weighted by Crippen LogP contribution is 2.31. The number of amides is 2. The lowest BCUT2D eigenvalue weighted by molar-refractivity contribution is -0.134. The summed E-state index contributed by atoms with van der Waals surface area (Å²) in [4.78, 5) is 26.2. The molecule has 1 aliphatic heterocycles. The molecule has 1 aromatic carbocycles. The van der Waals surface area contributed by atoms with Gasteiger partial charge in [0.2, 0.25) is 11.8 Å². The SMILES string of the molecule is CCCC(=O)N1CCCC(C(=O)Nc2cc(Cl)c(N)c(Cl)c2)C1. The summed E-state index contributed by atoms with van der Waals surface area (Å²) in [5.41, 5.74) is 6.49. The smallest absolute Gasteiger partial charge is 0.229 e. The lowest BCUT2D eigenvalue weighted by Crippen LogP contribution is -2.43. The van der Waals surface area contributed by atoms with Crippen LogP contribution in [0.3, 0.4) is 0 Å². The molecule has 1 aromatic rings. The average molecular weight is 358 g/mol. The van der Waals surface area contributed by atoms with E-state index in [1.165, 1.54) is 0 Å². The maximum atomic E-state index is 12.4. The van der Waals surface area contributed by atoms with E-state index in [2.05, 4.69) is 5.32 Å². The number of likely N-dealkylation sites (tertiary alicyclic amines) is 1. The van der Waals surface area contributed by atoms with Gasteiger partial charge in [-0.15, -0.1) is 0 Å². The summed E-state index contributed by atoms with van der Waals surface area (Å²) >= 11 is 11.9. The first kappa shape index (κ1) is 17.9. The minimum atomic E-state index is -0.223. The second-order valence-electron chi connectivity index (χ2n) is 5.77. The van der Waals surface area contributed by atoms with Crippen molar-refractivity contribution in [2.24, 2.45) is 5.92 Å². The first-order valence-electron chi connectivity index (χ1n) is 7.75. The fourth-order valence-corrected chi connectivity index (χ4v) is 3.18. The predicted octanol–water partition coefficient (Wildman–Crippen LogP) is 3.55. The Kier molecular flexibility index (Phi) is 6.13. The maximum absolute atomic E-state index is 12.4. The van der Waals surface area contributed by atoms with E-state index in [0.717, 1.165) is 25.8 Å². The van der Waals surface area contributed by atoms with Crippen LogP contribution in [0.5, 0.6) is 0 Å². The van der Waals surface area contributed by atoms with Crippen LogP contribution in [-0.4, -0.2) is 29.8 Å². The summed E-state index contributed by atoms with van der Waals surface area (Å²) in [6.45, 7) is 3.16. The fourth-order valence-electron chi connectivity index (χ4n) is 2.69. The van der Waals surface area contributed by atoms with Gasteiger partial charge in [-0.3, -0.25) is 9.59 Å². The predicted molar refractivity (Wildman–Crippen MR) is 93.7 cm³/mol. The molecule has 2 rings (SSSR count). The average Bonchev–Trinajstić information content (AvgIpc) is 2.53. The van der Waals surface area contributed by atoms with Gasteiger partial charge in [-0.2, -0.15) is 0 Å². The summed E-state index contributed by atoms with van der Waals surface area (Å²) < 4.78 is 0. The van der Waals surface area contributed by atoms with E-state index in [1.54, 1.807) is 17.0 Å². The number of carbonyl (C=O) groups is 2. The van der Waals surface area contributed by atoms with Gasteiger partial charge in [-0.25, -0.2) is 0 Å². The van der Waals surface area contributed by atoms with Crippen LogP contribution in [0.2, 0.25) is 10.0 Å². The molecule has 0 radical (unpaired) electrons. The van der Waals surface area contributed by atoms with Crippen LogP contribution < -0.4 is 11.1 Å². The van der Waals surface area contributed by atoms with Gasteiger partial charge in [0.25, 0.3) is 0 Å². The van der Waals surface area contributed by atoms with Gasteiger partial charge >= 0.3 is 0 Å². The third kappa shape index (κ3) is 4.52. The minimum Gasteiger partial charge on any atom is -0.396 e. The van der Waals surface area contributed by atoms with Crippen molar-refractivity contribution < 1.29 is 9.59 Å². The van der Waals surface area contributed by atoms with Crippen molar-refractivity contribution in [1.82, 2.24) is 4.90 Å². The zero-order chi connectivity index (χ0) is 17.0. The molecule has 1 unspecified atom stereocenters. The Labute approximate surface area is 146 Å². The van der Waals surface area contributed by atoms with Crippen molar-refractivity contribution >= 4 is 46.4 Å². The molecule has 0 aromatic heterocycles. The van der Waals surface area contributed by atoms with E-state index in [4.69, 9.17) is 28.9 Å². The zero-order valence-corrected chi connectivity index (χ0v) is 14.6. The van der Waals surface area contributed by atoms with E-state index in [-0.39, 0.29) is 17.7 Å². The molecule has 1 aliphatic rings. The number of rotatable bonds is 4. The minimum absolute atomic E-state index is 0.114. The first-order valence-corrected chi connectivity index (χ1v) is 8.51. The molecular weight excluding hydrogens is 337 g/mol. The van der Waals surface area contributed by atoms with E-state index < -0.39 is 0 Å². The Bertz CT molecular complexity index is 584. The number of carbonyl (C=O) groups excluding carboxylic acids is 2. The van der Waals surface area contributed by atoms with E-state index >= 15 is 0 Å². The molecule has 0 aliphatic carbocycles. The van der Waals surface area contributed by atoms with Gasteiger partial charge in [-0.05, 0) is 31.4 Å². The van der Waals surface area contributed by atoms with Gasteiger partial charge in [0, 0.05) is 25.2 Å². The molecular formula is C16H21Cl2N3O2. The van der Waals surface area contributed by atoms with Gasteiger partial charge < -0.3 is 16.0 Å². The largest absolute Gasteiger partial charge is 0.396 e. The van der Waals surface area contributed by atoms with Crippen LogP contribution in [0.25, 0.3) is 0 Å². The molecule has 0 spiro atoms. The highest BCUT2D eigenvalue weighted by Gasteiger charge is 2.28. The van der Waals surface area contributed by atoms with Crippen LogP contribution in [0.15, 0.2) is 12.1 Å². The third-order valence-electron chi connectivity index (χ3n) is 3.96. The second kappa shape index (κ2) is 7.88. The normalized spacial score (nSPS) is 17.9. The number of halogens is 2. The van der Waals surface area contributed by atoms with E-state index in [1.807, 2.05) is 6.92 Å². The molecule has 126 valence electrons. The van der Waals surface area contributed by atoms with Gasteiger partial charge in [0.15, 0.2) is 0 Å². The van der Waals surface area contributed by atoms with Gasteiger partial charge in [0.05, 0.1) is 21.7 Å². The molecule has 0 saturated carbocycles. The van der Waals surface area contributed by atoms with E-state index in [9.17, 15) is 9.59 Å². The number of nitrogens with one attached hydrogen (secondary N) is 1. The van der Waals surface area contributed by atoms with Crippen molar-refractivity contribution in [3.05, 3.63) is 22.2 Å². The topological polar surface area (TPSA) is 75.4 Å². The molecule has 7 heteroatoms. The second-order valence-corrected chi connectivity index (χ2v) is 6.59. The number of nitrogen functional groups attached to an aromatic ring is 1. The molecule has 2 amide bonds. The maximum Gasteiger partial charge on any atom is 0.229 e. The standard InChI is InChI=1S/C16H21Cl2N3O2/c1-2-4-14(22)21-6-3-5-10(9-21)16(23)20-11-7-12(17)15(19)13(18)8-11/h7-8,10H,2-6,9,19H2,1H3,(H,20,23). The van der Waals surface area contributed by atoms with Gasteiger partial charge in [-0.1, -0.05) is 30.1 Å². The van der Waals surface area contributed by atoms with Crippen molar-refractivity contribution in [3.8, 4) is 0 Å². The molecule has 5 nitrogen and oxygen atoms in total. The van der Waals surface area contributed by atoms with Crippen LogP contribution in [-0.2, 0) is 9.59 Å². The Morgan fingerprint density at radius 3 is 2.61 bits per heavy atom. The lowest BCUT2D eigenvalue weighted by Gasteiger charge is -2.32. The summed E-state index contributed by atoms with van der Waals surface area (Å²) in [6, 6.07) is 3.15. The summed E-state index contributed by atoms with van der Waals surface area (Å²) in [6.07, 6.45) is 2.93. The fraction of sp³-hybridized carbons (Fsp3) is 0.500. The van der Waals surface area contributed by atoms with Crippen molar-refractivity contribution in [2.45, 2.75) is 32.6 Å². The summed E-state index contributed by atoms with van der Waals surface area (Å²) in [5.74, 6) is -0.237.